The molecular weight excluding hydrogens is 183 g/mol. The summed E-state index contributed by atoms with van der Waals surface area (Å²) in [5, 5.41) is 0.343. The molecule has 1 N–H and O–H groups in total. The highest BCUT2D eigenvalue weighted by atomic mass is 31.2. The zero-order valence-electron chi connectivity index (χ0n) is 7.60. The summed E-state index contributed by atoms with van der Waals surface area (Å²) in [4.78, 5) is 9.50. The summed E-state index contributed by atoms with van der Waals surface area (Å²) in [6.07, 6.45) is 0.237. The first-order valence-corrected chi connectivity index (χ1v) is 5.99. The Balaban J connectivity index is 3.00. The van der Waals surface area contributed by atoms with Gasteiger partial charge >= 0.3 is 0 Å². The Morgan fingerprint density at radius 3 is 2.46 bits per heavy atom. The van der Waals surface area contributed by atoms with E-state index in [4.69, 9.17) is 0 Å². The van der Waals surface area contributed by atoms with Crippen molar-refractivity contribution in [3.63, 3.8) is 0 Å². The molecule has 13 heavy (non-hydrogen) atoms. The molecule has 0 bridgehead atoms. The van der Waals surface area contributed by atoms with Crippen molar-refractivity contribution in [1.82, 2.24) is 0 Å². The Morgan fingerprint density at radius 2 is 2.00 bits per heavy atom. The van der Waals surface area contributed by atoms with E-state index in [0.717, 1.165) is 5.56 Å². The normalized spacial score (nSPS) is 14.9. The van der Waals surface area contributed by atoms with Crippen molar-refractivity contribution in [3.8, 4) is 0 Å². The van der Waals surface area contributed by atoms with Crippen molar-refractivity contribution in [2.24, 2.45) is 0 Å². The van der Waals surface area contributed by atoms with Crippen molar-refractivity contribution in [2.75, 3.05) is 6.16 Å². The van der Waals surface area contributed by atoms with Gasteiger partial charge < -0.3 is 4.89 Å². The quantitative estimate of drug-likeness (QED) is 0.754. The Morgan fingerprint density at radius 1 is 1.46 bits per heavy atom. The minimum absolute atomic E-state index is 0.237. The Hall–Kier alpha value is -0.850. The summed E-state index contributed by atoms with van der Waals surface area (Å²) in [5.74, 6) is 0. The highest BCUT2D eigenvalue weighted by molar-refractivity contribution is 7.68. The molecule has 70 valence electrons. The molecule has 0 heterocycles. The van der Waals surface area contributed by atoms with Gasteiger partial charge in [-0.1, -0.05) is 43.8 Å². The molecule has 0 aromatic heterocycles. The second-order valence-corrected chi connectivity index (χ2v) is 5.41. The van der Waals surface area contributed by atoms with E-state index in [1.807, 2.05) is 18.2 Å². The number of hydrogen-bond acceptors (Lipinski definition) is 1. The van der Waals surface area contributed by atoms with Crippen LogP contribution in [0.2, 0.25) is 0 Å². The average molecular weight is 196 g/mol. The monoisotopic (exact) mass is 196 g/mol. The second-order valence-electron chi connectivity index (χ2n) is 2.83. The van der Waals surface area contributed by atoms with Crippen LogP contribution in [0, 0.1) is 0 Å². The van der Waals surface area contributed by atoms with Crippen LogP contribution < -0.4 is 0 Å². The van der Waals surface area contributed by atoms with Gasteiger partial charge in [0.25, 0.3) is 0 Å². The van der Waals surface area contributed by atoms with Gasteiger partial charge in [-0.2, -0.15) is 0 Å². The van der Waals surface area contributed by atoms with Crippen molar-refractivity contribution in [1.29, 1.82) is 0 Å². The third-order valence-electron chi connectivity index (χ3n) is 1.96. The zero-order chi connectivity index (χ0) is 9.90. The van der Waals surface area contributed by atoms with Crippen LogP contribution in [0.1, 0.15) is 12.5 Å². The summed E-state index contributed by atoms with van der Waals surface area (Å²) < 4.78 is 11.5. The molecule has 1 atom stereocenters. The van der Waals surface area contributed by atoms with Gasteiger partial charge in [0, 0.05) is 11.5 Å². The fraction of sp³-hybridized carbons (Fsp3) is 0.200. The molecular formula is C10H13O2P. The topological polar surface area (TPSA) is 37.3 Å². The molecule has 1 aromatic carbocycles. The van der Waals surface area contributed by atoms with Crippen LogP contribution in [0.3, 0.4) is 0 Å². The van der Waals surface area contributed by atoms with Crippen LogP contribution >= 0.6 is 7.37 Å². The lowest BCUT2D eigenvalue weighted by atomic mass is 10.2. The van der Waals surface area contributed by atoms with Crippen molar-refractivity contribution in [3.05, 3.63) is 42.5 Å². The van der Waals surface area contributed by atoms with Gasteiger partial charge in [-0.3, -0.25) is 4.57 Å². The van der Waals surface area contributed by atoms with Crippen LogP contribution in [0.15, 0.2) is 36.9 Å². The van der Waals surface area contributed by atoms with Gasteiger partial charge in [0.2, 0.25) is 7.37 Å². The lowest BCUT2D eigenvalue weighted by molar-refractivity contribution is 0.492. The molecule has 3 heteroatoms. The molecule has 0 saturated heterocycles. The van der Waals surface area contributed by atoms with Crippen molar-refractivity contribution >= 4 is 12.7 Å². The lowest BCUT2D eigenvalue weighted by Crippen LogP contribution is -1.87. The predicted molar refractivity (Wildman–Crippen MR) is 55.8 cm³/mol. The fourth-order valence-electron chi connectivity index (χ4n) is 1.02. The van der Waals surface area contributed by atoms with Crippen LogP contribution in [-0.2, 0) is 4.57 Å². The molecule has 0 amide bonds. The maximum atomic E-state index is 11.5. The van der Waals surface area contributed by atoms with Gasteiger partial charge in [-0.15, -0.1) is 0 Å². The number of rotatable bonds is 3. The van der Waals surface area contributed by atoms with E-state index in [-0.39, 0.29) is 6.16 Å². The molecule has 0 spiro atoms. The van der Waals surface area contributed by atoms with E-state index in [1.54, 1.807) is 19.1 Å². The first-order valence-electron chi connectivity index (χ1n) is 4.14. The lowest BCUT2D eigenvalue weighted by Gasteiger charge is -2.11. The van der Waals surface area contributed by atoms with E-state index < -0.39 is 7.37 Å². The van der Waals surface area contributed by atoms with E-state index in [9.17, 15) is 9.46 Å². The molecule has 0 aliphatic rings. The molecule has 0 aliphatic heterocycles. The van der Waals surface area contributed by atoms with Crippen LogP contribution in [0.4, 0.5) is 0 Å². The third kappa shape index (κ3) is 2.30. The van der Waals surface area contributed by atoms with E-state index in [2.05, 4.69) is 6.58 Å². The first-order chi connectivity index (χ1) is 6.08. The number of benzene rings is 1. The Labute approximate surface area is 78.4 Å². The van der Waals surface area contributed by atoms with Gasteiger partial charge in [0.05, 0.1) is 0 Å². The van der Waals surface area contributed by atoms with Crippen LogP contribution in [0.25, 0.3) is 5.31 Å². The molecule has 1 rings (SSSR count). The van der Waals surface area contributed by atoms with Gasteiger partial charge in [0.1, 0.15) is 0 Å². The first kappa shape index (κ1) is 10.2. The summed E-state index contributed by atoms with van der Waals surface area (Å²) in [6, 6.07) is 9.11. The molecule has 0 saturated carbocycles. The Kier molecular flexibility index (Phi) is 3.07. The van der Waals surface area contributed by atoms with Crippen LogP contribution in [-0.4, -0.2) is 11.1 Å². The highest BCUT2D eigenvalue weighted by Crippen LogP contribution is 2.53. The highest BCUT2D eigenvalue weighted by Gasteiger charge is 2.20. The third-order valence-corrected chi connectivity index (χ3v) is 3.92. The average Bonchev–Trinajstić information content (AvgIpc) is 2.18. The summed E-state index contributed by atoms with van der Waals surface area (Å²) in [6.45, 7) is 5.34. The largest absolute Gasteiger partial charge is 0.341 e. The van der Waals surface area contributed by atoms with Crippen LogP contribution in [0.5, 0.6) is 0 Å². The summed E-state index contributed by atoms with van der Waals surface area (Å²) >= 11 is 0. The SMILES string of the molecule is C=C(c1ccccc1)P(=O)(O)CC. The molecule has 0 aliphatic carbocycles. The fourth-order valence-corrected chi connectivity index (χ4v) is 1.96. The predicted octanol–water partition coefficient (Wildman–Crippen LogP) is 2.95. The molecule has 0 radical (unpaired) electrons. The van der Waals surface area contributed by atoms with Gasteiger partial charge in [-0.05, 0) is 5.56 Å². The smallest absolute Gasteiger partial charge is 0.229 e. The van der Waals surface area contributed by atoms with Crippen molar-refractivity contribution < 1.29 is 9.46 Å². The molecule has 1 aromatic rings. The minimum Gasteiger partial charge on any atom is -0.341 e. The molecule has 2 nitrogen and oxygen atoms in total. The molecule has 1 unspecified atom stereocenters. The Bertz CT molecular complexity index is 343. The summed E-state index contributed by atoms with van der Waals surface area (Å²) in [7, 11) is -3.18. The minimum atomic E-state index is -3.18. The molecule has 0 fully saturated rings. The second kappa shape index (κ2) is 3.91. The zero-order valence-corrected chi connectivity index (χ0v) is 8.50. The van der Waals surface area contributed by atoms with E-state index >= 15 is 0 Å². The van der Waals surface area contributed by atoms with E-state index in [0.29, 0.717) is 5.31 Å². The van der Waals surface area contributed by atoms with Crippen molar-refractivity contribution in [2.45, 2.75) is 6.92 Å². The maximum absolute atomic E-state index is 11.5. The standard InChI is InChI=1S/C10H13O2P/c1-3-13(11,12)9(2)10-7-5-4-6-8-10/h4-8H,2-3H2,1H3,(H,11,12). The summed E-state index contributed by atoms with van der Waals surface area (Å²) in [5.41, 5.74) is 0.746. The van der Waals surface area contributed by atoms with Gasteiger partial charge in [0.15, 0.2) is 0 Å². The number of hydrogen-bond donors (Lipinski definition) is 1. The maximum Gasteiger partial charge on any atom is 0.229 e. The van der Waals surface area contributed by atoms with E-state index in [1.165, 1.54) is 0 Å². The van der Waals surface area contributed by atoms with Gasteiger partial charge in [-0.25, -0.2) is 0 Å².